The molecular weight excluding hydrogens is 294 g/mol. The molecule has 1 fully saturated rings. The summed E-state index contributed by atoms with van der Waals surface area (Å²) in [5, 5.41) is 11.8. The number of hydrogen-bond donors (Lipinski definition) is 2. The Bertz CT molecular complexity index is 426. The molecule has 0 bridgehead atoms. The van der Waals surface area contributed by atoms with Gasteiger partial charge in [0, 0.05) is 17.1 Å². The van der Waals surface area contributed by atoms with Gasteiger partial charge in [0.05, 0.1) is 5.41 Å². The Kier molecular flexibility index (Phi) is 4.07. The zero-order valence-corrected chi connectivity index (χ0v) is 12.0. The Morgan fingerprint density at radius 1 is 1.44 bits per heavy atom. The summed E-state index contributed by atoms with van der Waals surface area (Å²) in [7, 11) is 0. The van der Waals surface area contributed by atoms with Crippen molar-refractivity contribution in [3.63, 3.8) is 0 Å². The van der Waals surface area contributed by atoms with E-state index in [1.54, 1.807) is 0 Å². The smallest absolute Gasteiger partial charge is 0.230 e. The number of rotatable bonds is 5. The Balaban J connectivity index is 2.07. The average molecular weight is 312 g/mol. The minimum atomic E-state index is -0.329. The first-order valence-electron chi connectivity index (χ1n) is 6.26. The summed E-state index contributed by atoms with van der Waals surface area (Å²) in [5.74, 6) is 0.0887. The van der Waals surface area contributed by atoms with Crippen molar-refractivity contribution in [1.29, 1.82) is 0 Å². The van der Waals surface area contributed by atoms with Gasteiger partial charge in [0.1, 0.15) is 0 Å². The van der Waals surface area contributed by atoms with Crippen molar-refractivity contribution in [3.05, 3.63) is 34.3 Å². The fraction of sp³-hybridized carbons (Fsp3) is 0.500. The van der Waals surface area contributed by atoms with Crippen LogP contribution in [0.25, 0.3) is 0 Å². The second kappa shape index (κ2) is 5.41. The number of halogens is 1. The predicted molar refractivity (Wildman–Crippen MR) is 74.4 cm³/mol. The second-order valence-electron chi connectivity index (χ2n) is 4.98. The lowest BCUT2D eigenvalue weighted by molar-refractivity contribution is -0.124. The number of hydrogen-bond acceptors (Lipinski definition) is 2. The zero-order chi connectivity index (χ0) is 13.2. The molecule has 1 aliphatic carbocycles. The van der Waals surface area contributed by atoms with Crippen molar-refractivity contribution in [2.24, 2.45) is 0 Å². The highest BCUT2D eigenvalue weighted by molar-refractivity contribution is 9.10. The largest absolute Gasteiger partial charge is 0.396 e. The van der Waals surface area contributed by atoms with Gasteiger partial charge in [-0.3, -0.25) is 4.79 Å². The molecule has 1 aromatic carbocycles. The molecule has 1 aromatic rings. The average Bonchev–Trinajstić information content (AvgIpc) is 3.11. The Labute approximate surface area is 116 Å². The number of nitrogens with one attached hydrogen (secondary N) is 1. The maximum absolute atomic E-state index is 12.3. The van der Waals surface area contributed by atoms with Crippen molar-refractivity contribution >= 4 is 21.8 Å². The van der Waals surface area contributed by atoms with Gasteiger partial charge in [-0.05, 0) is 43.9 Å². The molecule has 18 heavy (non-hydrogen) atoms. The molecule has 0 heterocycles. The minimum Gasteiger partial charge on any atom is -0.396 e. The van der Waals surface area contributed by atoms with Crippen molar-refractivity contribution in [3.8, 4) is 0 Å². The maximum atomic E-state index is 12.3. The van der Waals surface area contributed by atoms with Gasteiger partial charge in [0.25, 0.3) is 0 Å². The quantitative estimate of drug-likeness (QED) is 0.877. The van der Waals surface area contributed by atoms with Gasteiger partial charge in [-0.25, -0.2) is 0 Å². The van der Waals surface area contributed by atoms with E-state index in [4.69, 9.17) is 5.11 Å². The van der Waals surface area contributed by atoms with Crippen LogP contribution in [-0.4, -0.2) is 23.7 Å². The van der Waals surface area contributed by atoms with E-state index in [9.17, 15) is 4.79 Å². The number of benzene rings is 1. The number of carbonyl (C=O) groups is 1. The summed E-state index contributed by atoms with van der Waals surface area (Å²) in [4.78, 5) is 12.3. The molecule has 1 aliphatic rings. The van der Waals surface area contributed by atoms with Crippen LogP contribution in [0.15, 0.2) is 28.7 Å². The number of aliphatic hydroxyl groups is 1. The molecule has 0 spiro atoms. The Hall–Kier alpha value is -0.870. The fourth-order valence-electron chi connectivity index (χ4n) is 2.17. The molecule has 0 radical (unpaired) electrons. The predicted octanol–water partition coefficient (Wildman–Crippen LogP) is 2.37. The zero-order valence-electron chi connectivity index (χ0n) is 10.4. The maximum Gasteiger partial charge on any atom is 0.230 e. The van der Waals surface area contributed by atoms with Crippen molar-refractivity contribution in [2.75, 3.05) is 6.61 Å². The van der Waals surface area contributed by atoms with Gasteiger partial charge in [-0.15, -0.1) is 0 Å². The summed E-state index contributed by atoms with van der Waals surface area (Å²) < 4.78 is 1.02. The monoisotopic (exact) mass is 311 g/mol. The van der Waals surface area contributed by atoms with Crippen LogP contribution in [-0.2, 0) is 10.2 Å². The van der Waals surface area contributed by atoms with Crippen LogP contribution in [0.2, 0.25) is 0 Å². The van der Waals surface area contributed by atoms with E-state index in [0.29, 0.717) is 6.42 Å². The number of amides is 1. The first-order chi connectivity index (χ1) is 8.58. The topological polar surface area (TPSA) is 49.3 Å². The summed E-state index contributed by atoms with van der Waals surface area (Å²) in [6.45, 7) is 2.03. The van der Waals surface area contributed by atoms with Crippen LogP contribution in [0.1, 0.15) is 31.7 Å². The third kappa shape index (κ3) is 2.75. The molecule has 2 rings (SSSR count). The molecule has 1 amide bonds. The van der Waals surface area contributed by atoms with Gasteiger partial charge < -0.3 is 10.4 Å². The van der Waals surface area contributed by atoms with Crippen molar-refractivity contribution in [1.82, 2.24) is 5.32 Å². The lowest BCUT2D eigenvalue weighted by atomic mass is 9.94. The van der Waals surface area contributed by atoms with Gasteiger partial charge in [-0.1, -0.05) is 28.1 Å². The van der Waals surface area contributed by atoms with Crippen LogP contribution in [0.4, 0.5) is 0 Å². The van der Waals surface area contributed by atoms with E-state index in [-0.39, 0.29) is 24.0 Å². The lowest BCUT2D eigenvalue weighted by Crippen LogP contribution is -2.40. The molecule has 1 atom stereocenters. The molecule has 0 aromatic heterocycles. The summed E-state index contributed by atoms with van der Waals surface area (Å²) in [6.07, 6.45) is 2.42. The number of carbonyl (C=O) groups excluding carboxylic acids is 1. The van der Waals surface area contributed by atoms with Gasteiger partial charge in [-0.2, -0.15) is 0 Å². The Morgan fingerprint density at radius 2 is 2.06 bits per heavy atom. The van der Waals surface area contributed by atoms with E-state index in [1.807, 2.05) is 31.2 Å². The van der Waals surface area contributed by atoms with E-state index >= 15 is 0 Å². The van der Waals surface area contributed by atoms with Gasteiger partial charge in [0.15, 0.2) is 0 Å². The second-order valence-corrected chi connectivity index (χ2v) is 5.89. The summed E-state index contributed by atoms with van der Waals surface area (Å²) in [6, 6.07) is 7.98. The summed E-state index contributed by atoms with van der Waals surface area (Å²) in [5.41, 5.74) is 0.754. The highest BCUT2D eigenvalue weighted by Crippen LogP contribution is 2.48. The molecule has 98 valence electrons. The molecule has 0 aliphatic heterocycles. The van der Waals surface area contributed by atoms with Gasteiger partial charge in [0.2, 0.25) is 5.91 Å². The Morgan fingerprint density at radius 3 is 2.56 bits per heavy atom. The molecule has 1 saturated carbocycles. The molecule has 3 nitrogen and oxygen atoms in total. The lowest BCUT2D eigenvalue weighted by Gasteiger charge is -2.19. The summed E-state index contributed by atoms with van der Waals surface area (Å²) >= 11 is 3.40. The van der Waals surface area contributed by atoms with Crippen molar-refractivity contribution in [2.45, 2.75) is 37.6 Å². The highest BCUT2D eigenvalue weighted by atomic mass is 79.9. The molecule has 1 unspecified atom stereocenters. The first kappa shape index (κ1) is 13.6. The number of aliphatic hydroxyl groups excluding tert-OH is 1. The van der Waals surface area contributed by atoms with E-state index in [1.165, 1.54) is 0 Å². The minimum absolute atomic E-state index is 0.0235. The highest BCUT2D eigenvalue weighted by Gasteiger charge is 2.51. The first-order valence-corrected chi connectivity index (χ1v) is 7.06. The van der Waals surface area contributed by atoms with Crippen LogP contribution in [0, 0.1) is 0 Å². The third-order valence-electron chi connectivity index (χ3n) is 3.52. The molecular formula is C14H18BrNO2. The molecule has 0 saturated heterocycles. The third-order valence-corrected chi connectivity index (χ3v) is 4.05. The SMILES string of the molecule is CC(CCO)NC(=O)C1(c2ccc(Br)cc2)CC1. The standard InChI is InChI=1S/C14H18BrNO2/c1-10(6-9-17)16-13(18)14(7-8-14)11-2-4-12(15)5-3-11/h2-5,10,17H,6-9H2,1H3,(H,16,18). The molecule has 4 heteroatoms. The van der Waals surface area contributed by atoms with E-state index in [2.05, 4.69) is 21.2 Å². The van der Waals surface area contributed by atoms with Crippen LogP contribution < -0.4 is 5.32 Å². The van der Waals surface area contributed by atoms with Crippen molar-refractivity contribution < 1.29 is 9.90 Å². The fourth-order valence-corrected chi connectivity index (χ4v) is 2.43. The van der Waals surface area contributed by atoms with Crippen LogP contribution in [0.5, 0.6) is 0 Å². The normalized spacial score (nSPS) is 18.2. The molecule has 2 N–H and O–H groups in total. The van der Waals surface area contributed by atoms with Crippen LogP contribution in [0.3, 0.4) is 0 Å². The van der Waals surface area contributed by atoms with E-state index < -0.39 is 0 Å². The van der Waals surface area contributed by atoms with Gasteiger partial charge >= 0.3 is 0 Å². The van der Waals surface area contributed by atoms with E-state index in [0.717, 1.165) is 22.9 Å². The van der Waals surface area contributed by atoms with Crippen LogP contribution >= 0.6 is 15.9 Å².